The normalized spacial score (nSPS) is 23.8. The summed E-state index contributed by atoms with van der Waals surface area (Å²) in [4.78, 5) is 10.7. The van der Waals surface area contributed by atoms with E-state index in [-0.39, 0.29) is 0 Å². The molecule has 1 aromatic heterocycles. The minimum atomic E-state index is 0.692. The van der Waals surface area contributed by atoms with Crippen LogP contribution in [0.2, 0.25) is 0 Å². The van der Waals surface area contributed by atoms with Gasteiger partial charge in [0.2, 0.25) is 0 Å². The van der Waals surface area contributed by atoms with Crippen molar-refractivity contribution >= 4 is 16.5 Å². The molecule has 0 spiro atoms. The monoisotopic (exact) mass is 266 g/mol. The van der Waals surface area contributed by atoms with E-state index >= 15 is 0 Å². The third-order valence-corrected chi connectivity index (χ3v) is 4.98. The minimum absolute atomic E-state index is 0.692. The molecule has 100 valence electrons. The first-order valence-corrected chi connectivity index (χ1v) is 7.79. The van der Waals surface area contributed by atoms with Gasteiger partial charge in [-0.2, -0.15) is 0 Å². The summed E-state index contributed by atoms with van der Waals surface area (Å²) < 4.78 is 0. The van der Waals surface area contributed by atoms with E-state index in [1.165, 1.54) is 56.7 Å². The van der Waals surface area contributed by atoms with E-state index in [0.717, 1.165) is 12.6 Å². The molecule has 18 heavy (non-hydrogen) atoms. The minimum Gasteiger partial charge on any atom is -0.375 e. The third-order valence-electron chi connectivity index (χ3n) is 4.17. The number of hydrogen-bond donors (Lipinski definition) is 1. The standard InChI is InChI=1S/C13H22N4S/c14-13-15-9-12(18-13)10-16-7-3-11(4-8-16)17-5-1-2-6-17/h9,11H,1-8,10H2,(H2,14,15). The zero-order chi connectivity index (χ0) is 12.4. The highest BCUT2D eigenvalue weighted by molar-refractivity contribution is 7.15. The van der Waals surface area contributed by atoms with Crippen LogP contribution in [0.5, 0.6) is 0 Å². The molecular formula is C13H22N4S. The summed E-state index contributed by atoms with van der Waals surface area (Å²) in [5.41, 5.74) is 5.67. The Morgan fingerprint density at radius 3 is 2.56 bits per heavy atom. The van der Waals surface area contributed by atoms with Crippen molar-refractivity contribution in [3.63, 3.8) is 0 Å². The molecule has 0 unspecified atom stereocenters. The molecule has 3 rings (SSSR count). The highest BCUT2D eigenvalue weighted by Crippen LogP contribution is 2.23. The van der Waals surface area contributed by atoms with Gasteiger partial charge in [0.05, 0.1) is 0 Å². The quantitative estimate of drug-likeness (QED) is 0.906. The fourth-order valence-corrected chi connectivity index (χ4v) is 3.89. The number of hydrogen-bond acceptors (Lipinski definition) is 5. The van der Waals surface area contributed by atoms with Crippen LogP contribution in [0.15, 0.2) is 6.20 Å². The van der Waals surface area contributed by atoms with Gasteiger partial charge in [0.15, 0.2) is 5.13 Å². The van der Waals surface area contributed by atoms with E-state index in [0.29, 0.717) is 5.13 Å². The lowest BCUT2D eigenvalue weighted by molar-refractivity contribution is 0.123. The first-order valence-electron chi connectivity index (χ1n) is 6.98. The van der Waals surface area contributed by atoms with Gasteiger partial charge in [-0.3, -0.25) is 4.90 Å². The van der Waals surface area contributed by atoms with E-state index in [1.807, 2.05) is 6.20 Å². The van der Waals surface area contributed by atoms with Crippen LogP contribution in [0.3, 0.4) is 0 Å². The number of nitrogen functional groups attached to an aromatic ring is 1. The van der Waals surface area contributed by atoms with E-state index < -0.39 is 0 Å². The Labute approximate surface area is 113 Å². The summed E-state index contributed by atoms with van der Waals surface area (Å²) in [6.07, 6.45) is 7.38. The Balaban J connectivity index is 1.47. The van der Waals surface area contributed by atoms with Crippen LogP contribution in [0, 0.1) is 0 Å². The number of aromatic nitrogens is 1. The van der Waals surface area contributed by atoms with Gasteiger partial charge in [-0.15, -0.1) is 11.3 Å². The Morgan fingerprint density at radius 2 is 1.94 bits per heavy atom. The number of nitrogens with zero attached hydrogens (tertiary/aromatic N) is 3. The number of thiazole rings is 1. The number of anilines is 1. The fourth-order valence-electron chi connectivity index (χ4n) is 3.17. The van der Waals surface area contributed by atoms with Crippen LogP contribution in [0.4, 0.5) is 5.13 Å². The van der Waals surface area contributed by atoms with Crippen molar-refractivity contribution in [2.45, 2.75) is 38.3 Å². The maximum absolute atomic E-state index is 5.67. The highest BCUT2D eigenvalue weighted by atomic mass is 32.1. The molecule has 0 radical (unpaired) electrons. The van der Waals surface area contributed by atoms with E-state index in [9.17, 15) is 0 Å². The summed E-state index contributed by atoms with van der Waals surface area (Å²) >= 11 is 1.62. The topological polar surface area (TPSA) is 45.4 Å². The molecule has 0 atom stereocenters. The van der Waals surface area contributed by atoms with Crippen molar-refractivity contribution in [1.82, 2.24) is 14.8 Å². The zero-order valence-corrected chi connectivity index (χ0v) is 11.7. The molecule has 3 heterocycles. The van der Waals surface area contributed by atoms with Crippen molar-refractivity contribution in [3.8, 4) is 0 Å². The van der Waals surface area contributed by atoms with Crippen LogP contribution >= 0.6 is 11.3 Å². The molecule has 0 aromatic carbocycles. The van der Waals surface area contributed by atoms with Gasteiger partial charge < -0.3 is 10.6 Å². The molecule has 0 saturated carbocycles. The molecule has 1 aromatic rings. The van der Waals surface area contributed by atoms with Crippen LogP contribution < -0.4 is 5.73 Å². The number of piperidine rings is 1. The number of likely N-dealkylation sites (tertiary alicyclic amines) is 2. The molecule has 2 aliphatic rings. The van der Waals surface area contributed by atoms with Gasteiger partial charge in [0.25, 0.3) is 0 Å². The van der Waals surface area contributed by atoms with Crippen molar-refractivity contribution in [3.05, 3.63) is 11.1 Å². The number of nitrogens with two attached hydrogens (primary N) is 1. The van der Waals surface area contributed by atoms with Gasteiger partial charge in [-0.1, -0.05) is 0 Å². The molecule has 0 aliphatic carbocycles. The first kappa shape index (κ1) is 12.4. The number of rotatable bonds is 3. The van der Waals surface area contributed by atoms with E-state index in [1.54, 1.807) is 11.3 Å². The van der Waals surface area contributed by atoms with Crippen LogP contribution in [0.1, 0.15) is 30.6 Å². The van der Waals surface area contributed by atoms with Crippen LogP contribution in [0.25, 0.3) is 0 Å². The molecule has 0 bridgehead atoms. The van der Waals surface area contributed by atoms with Crippen molar-refractivity contribution in [1.29, 1.82) is 0 Å². The molecule has 2 saturated heterocycles. The average molecular weight is 266 g/mol. The summed E-state index contributed by atoms with van der Waals surface area (Å²) in [7, 11) is 0. The molecular weight excluding hydrogens is 244 g/mol. The van der Waals surface area contributed by atoms with Crippen molar-refractivity contribution in [2.24, 2.45) is 0 Å². The molecule has 2 aliphatic heterocycles. The Bertz CT molecular complexity index is 378. The van der Waals surface area contributed by atoms with Gasteiger partial charge in [-0.05, 0) is 38.8 Å². The molecule has 4 nitrogen and oxygen atoms in total. The molecule has 0 amide bonds. The van der Waals surface area contributed by atoms with Crippen molar-refractivity contribution < 1.29 is 0 Å². The van der Waals surface area contributed by atoms with Crippen molar-refractivity contribution in [2.75, 3.05) is 31.9 Å². The molecule has 5 heteroatoms. The molecule has 2 fully saturated rings. The summed E-state index contributed by atoms with van der Waals surface area (Å²) in [5, 5.41) is 0.692. The highest BCUT2D eigenvalue weighted by Gasteiger charge is 2.26. The maximum atomic E-state index is 5.67. The van der Waals surface area contributed by atoms with Crippen LogP contribution in [-0.4, -0.2) is 47.0 Å². The van der Waals surface area contributed by atoms with E-state index in [2.05, 4.69) is 14.8 Å². The van der Waals surface area contributed by atoms with Crippen LogP contribution in [-0.2, 0) is 6.54 Å². The summed E-state index contributed by atoms with van der Waals surface area (Å²) in [6, 6.07) is 0.843. The van der Waals surface area contributed by atoms with Gasteiger partial charge in [0, 0.05) is 36.8 Å². The van der Waals surface area contributed by atoms with Gasteiger partial charge >= 0.3 is 0 Å². The summed E-state index contributed by atoms with van der Waals surface area (Å²) in [5.74, 6) is 0. The fraction of sp³-hybridized carbons (Fsp3) is 0.769. The Hall–Kier alpha value is -0.650. The molecule has 2 N–H and O–H groups in total. The predicted molar refractivity (Wildman–Crippen MR) is 75.6 cm³/mol. The largest absolute Gasteiger partial charge is 0.375 e. The lowest BCUT2D eigenvalue weighted by Gasteiger charge is -2.36. The predicted octanol–water partition coefficient (Wildman–Crippen LogP) is 1.79. The first-order chi connectivity index (χ1) is 8.81. The maximum Gasteiger partial charge on any atom is 0.180 e. The lowest BCUT2D eigenvalue weighted by atomic mass is 10.0. The van der Waals surface area contributed by atoms with Gasteiger partial charge in [0.1, 0.15) is 0 Å². The smallest absolute Gasteiger partial charge is 0.180 e. The Morgan fingerprint density at radius 1 is 1.22 bits per heavy atom. The second kappa shape index (κ2) is 5.55. The second-order valence-corrected chi connectivity index (χ2v) is 6.56. The van der Waals surface area contributed by atoms with E-state index in [4.69, 9.17) is 5.73 Å². The second-order valence-electron chi connectivity index (χ2n) is 5.42. The SMILES string of the molecule is Nc1ncc(CN2CCC(N3CCCC3)CC2)s1. The summed E-state index contributed by atoms with van der Waals surface area (Å²) in [6.45, 7) is 6.13. The lowest BCUT2D eigenvalue weighted by Crippen LogP contribution is -2.43. The zero-order valence-electron chi connectivity index (χ0n) is 10.8. The average Bonchev–Trinajstić information content (AvgIpc) is 3.02. The van der Waals surface area contributed by atoms with Gasteiger partial charge in [-0.25, -0.2) is 4.98 Å². The Kier molecular flexibility index (Phi) is 3.82. The third kappa shape index (κ3) is 2.84.